The molecule has 0 aliphatic carbocycles. The van der Waals surface area contributed by atoms with Crippen LogP contribution < -0.4 is 42.5 Å². The van der Waals surface area contributed by atoms with Crippen LogP contribution in [0, 0.1) is 11.8 Å². The summed E-state index contributed by atoms with van der Waals surface area (Å²) < 4.78 is 5.04. The number of nitrogens with one attached hydrogen (secondary N) is 8. The summed E-state index contributed by atoms with van der Waals surface area (Å²) in [5, 5.41) is 21.8. The molecule has 20 heteroatoms. The predicted molar refractivity (Wildman–Crippen MR) is 270 cm³/mol. The van der Waals surface area contributed by atoms with Gasteiger partial charge in [0.15, 0.2) is 0 Å². The van der Waals surface area contributed by atoms with Gasteiger partial charge in [-0.25, -0.2) is 4.79 Å². The topological polar surface area (TPSA) is 259 Å². The summed E-state index contributed by atoms with van der Waals surface area (Å²) in [7, 11) is 1.19. The van der Waals surface area contributed by atoms with E-state index in [9.17, 15) is 43.2 Å². The first-order chi connectivity index (χ1) is 33.1. The molecule has 0 radical (unpaired) electrons. The molecule has 0 aliphatic rings. The minimum absolute atomic E-state index is 0.000765. The molecule has 0 aliphatic heterocycles. The van der Waals surface area contributed by atoms with Crippen LogP contribution >= 0.6 is 23.5 Å². The fraction of sp³-hybridized carbons (Fsp3) is 0.571. The lowest BCUT2D eigenvalue weighted by Crippen LogP contribution is -2.58. The summed E-state index contributed by atoms with van der Waals surface area (Å²) in [6, 6.07) is 11.1. The molecule has 0 spiro atoms. The average molecular weight is 999 g/mol. The third-order valence-corrected chi connectivity index (χ3v) is 12.2. The number of hydrogen-bond acceptors (Lipinski definition) is 12. The first-order valence-corrected chi connectivity index (χ1v) is 26.2. The van der Waals surface area contributed by atoms with Crippen molar-refractivity contribution in [1.29, 1.82) is 0 Å². The highest BCUT2D eigenvalue weighted by Gasteiger charge is 2.33. The quantitative estimate of drug-likeness (QED) is 0.0281. The van der Waals surface area contributed by atoms with Crippen molar-refractivity contribution in [1.82, 2.24) is 42.5 Å². The molecular weight excluding hydrogens is 925 g/mol. The minimum atomic E-state index is -1.17. The maximum absolute atomic E-state index is 14.0. The second kappa shape index (κ2) is 33.8. The van der Waals surface area contributed by atoms with Crippen LogP contribution in [0.5, 0.6) is 0 Å². The van der Waals surface area contributed by atoms with E-state index < -0.39 is 83.7 Å². The van der Waals surface area contributed by atoms with E-state index in [0.717, 1.165) is 11.1 Å². The second-order valence-corrected chi connectivity index (χ2v) is 19.5. The van der Waals surface area contributed by atoms with E-state index in [1.165, 1.54) is 30.6 Å². The van der Waals surface area contributed by atoms with Crippen LogP contribution in [0.25, 0.3) is 0 Å². The van der Waals surface area contributed by atoms with E-state index in [0.29, 0.717) is 50.0 Å². The highest BCUT2D eigenvalue weighted by Crippen LogP contribution is 2.13. The zero-order valence-electron chi connectivity index (χ0n) is 41.0. The van der Waals surface area contributed by atoms with Crippen molar-refractivity contribution in [3.63, 3.8) is 0 Å². The van der Waals surface area contributed by atoms with E-state index in [1.54, 1.807) is 24.3 Å². The maximum Gasteiger partial charge on any atom is 0.328 e. The fourth-order valence-corrected chi connectivity index (χ4v) is 8.24. The highest BCUT2D eigenvalue weighted by molar-refractivity contribution is 7.98. The largest absolute Gasteiger partial charge is 0.467 e. The van der Waals surface area contributed by atoms with Gasteiger partial charge in [0.25, 0.3) is 0 Å². The van der Waals surface area contributed by atoms with Crippen LogP contribution in [0.1, 0.15) is 83.8 Å². The molecule has 18 nitrogen and oxygen atoms in total. The van der Waals surface area contributed by atoms with Crippen LogP contribution in [0.2, 0.25) is 0 Å². The third-order valence-electron chi connectivity index (χ3n) is 10.9. The van der Waals surface area contributed by atoms with E-state index in [1.807, 2.05) is 76.6 Å². The van der Waals surface area contributed by atoms with Crippen LogP contribution in [0.4, 0.5) is 0 Å². The fourth-order valence-electron chi connectivity index (χ4n) is 7.30. The van der Waals surface area contributed by atoms with Gasteiger partial charge in [0, 0.05) is 19.4 Å². The standard InChI is InChI=1S/C49H74N8O10S2/c1-32(2)26-39(54-44(61)36(51-30-58)21-24-68-6)46(63)56-41(28-34-16-10-8-11-17-34)43(60)50-23-15-14-20-38(49(66)67-5)53-48(65)42(29-35-18-12-9-13-19-35)57-47(64)40(27-33(3)4)55-45(62)37(52-31-59)22-25-69-7/h8-13,16-19,30-33,36-42H,14-15,20-29H2,1-7H3,(H,50,60)(H,51,58)(H,52,59)(H,53,65)(H,54,61)(H,55,62)(H,56,63)(H,57,64)/t36-,37-,38-,39-,40-,41-,42-/m0/s1. The van der Waals surface area contributed by atoms with Gasteiger partial charge < -0.3 is 47.3 Å². The summed E-state index contributed by atoms with van der Waals surface area (Å²) in [5.41, 5.74) is 1.51. The number of hydrogen-bond donors (Lipinski definition) is 8. The van der Waals surface area contributed by atoms with Crippen molar-refractivity contribution < 1.29 is 47.9 Å². The van der Waals surface area contributed by atoms with Crippen molar-refractivity contribution in [2.45, 2.75) is 128 Å². The zero-order chi connectivity index (χ0) is 51.1. The van der Waals surface area contributed by atoms with Crippen LogP contribution in [0.3, 0.4) is 0 Å². The molecule has 0 heterocycles. The van der Waals surface area contributed by atoms with Crippen LogP contribution in [0.15, 0.2) is 60.7 Å². The summed E-state index contributed by atoms with van der Waals surface area (Å²) in [6.07, 6.45) is 6.93. The Morgan fingerprint density at radius 3 is 1.28 bits per heavy atom. The summed E-state index contributed by atoms with van der Waals surface area (Å²) in [6.45, 7) is 7.73. The maximum atomic E-state index is 14.0. The molecule has 0 fully saturated rings. The van der Waals surface area contributed by atoms with Gasteiger partial charge in [-0.15, -0.1) is 0 Å². The van der Waals surface area contributed by atoms with E-state index in [-0.39, 0.29) is 50.5 Å². The van der Waals surface area contributed by atoms with Gasteiger partial charge in [0.2, 0.25) is 48.3 Å². The normalized spacial score (nSPS) is 14.0. The number of amides is 8. The molecule has 2 aromatic rings. The number of thioether (sulfide) groups is 2. The van der Waals surface area contributed by atoms with E-state index in [4.69, 9.17) is 4.74 Å². The van der Waals surface area contributed by atoms with Crippen molar-refractivity contribution in [3.8, 4) is 0 Å². The molecule has 0 aromatic heterocycles. The Bertz CT molecular complexity index is 1910. The number of ether oxygens (including phenoxy) is 1. The van der Waals surface area contributed by atoms with Crippen molar-refractivity contribution in [2.24, 2.45) is 11.8 Å². The number of esters is 1. The Morgan fingerprint density at radius 2 is 0.884 bits per heavy atom. The molecule has 7 atom stereocenters. The van der Waals surface area contributed by atoms with Gasteiger partial charge in [0.1, 0.15) is 42.3 Å². The van der Waals surface area contributed by atoms with Gasteiger partial charge in [-0.1, -0.05) is 88.4 Å². The van der Waals surface area contributed by atoms with Crippen molar-refractivity contribution in [3.05, 3.63) is 71.8 Å². The van der Waals surface area contributed by atoms with E-state index >= 15 is 0 Å². The van der Waals surface area contributed by atoms with E-state index in [2.05, 4.69) is 42.5 Å². The molecule has 382 valence electrons. The molecule has 0 saturated carbocycles. The number of carbonyl (C=O) groups excluding carboxylic acids is 9. The van der Waals surface area contributed by atoms with Crippen LogP contribution in [-0.2, 0) is 60.7 Å². The van der Waals surface area contributed by atoms with Gasteiger partial charge in [-0.2, -0.15) is 23.5 Å². The van der Waals surface area contributed by atoms with Crippen molar-refractivity contribution >= 4 is 77.8 Å². The predicted octanol–water partition coefficient (Wildman–Crippen LogP) is 2.18. The number of methoxy groups -OCH3 is 1. The Kier molecular flexibility index (Phi) is 29.1. The molecule has 69 heavy (non-hydrogen) atoms. The Hall–Kier alpha value is -5.63. The van der Waals surface area contributed by atoms with Gasteiger partial charge in [0.05, 0.1) is 7.11 Å². The van der Waals surface area contributed by atoms with Gasteiger partial charge >= 0.3 is 5.97 Å². The number of rotatable bonds is 35. The Morgan fingerprint density at radius 1 is 0.507 bits per heavy atom. The van der Waals surface area contributed by atoms with Gasteiger partial charge in [-0.3, -0.25) is 38.4 Å². The lowest BCUT2D eigenvalue weighted by molar-refractivity contribution is -0.145. The third kappa shape index (κ3) is 23.5. The number of unbranched alkanes of at least 4 members (excludes halogenated alkanes) is 1. The minimum Gasteiger partial charge on any atom is -0.467 e. The Labute approximate surface area is 415 Å². The monoisotopic (exact) mass is 998 g/mol. The average Bonchev–Trinajstić information content (AvgIpc) is 3.32. The lowest BCUT2D eigenvalue weighted by atomic mass is 10.00. The highest BCUT2D eigenvalue weighted by atomic mass is 32.2. The molecule has 8 amide bonds. The molecule has 0 bridgehead atoms. The molecule has 8 N–H and O–H groups in total. The molecule has 0 saturated heterocycles. The summed E-state index contributed by atoms with van der Waals surface area (Å²) in [5.74, 6) is -2.87. The summed E-state index contributed by atoms with van der Waals surface area (Å²) >= 11 is 3.02. The first-order valence-electron chi connectivity index (χ1n) is 23.4. The Balaban J connectivity index is 2.21. The molecular formula is C49H74N8O10S2. The molecule has 2 rings (SSSR count). The molecule has 0 unspecified atom stereocenters. The van der Waals surface area contributed by atoms with Gasteiger partial charge in [-0.05, 0) is 91.9 Å². The number of benzene rings is 2. The van der Waals surface area contributed by atoms with Crippen molar-refractivity contribution in [2.75, 3.05) is 37.7 Å². The SMILES string of the molecule is COC(=O)[C@H](CCCCNC(=O)[C@H](Cc1ccccc1)NC(=O)[C@H](CC(C)C)NC(=O)[C@H](CCSC)NC=O)NC(=O)[C@H](Cc1ccccc1)NC(=O)[C@H](CC(C)C)NC(=O)[C@H](CCSC)NC=O. The lowest BCUT2D eigenvalue weighted by Gasteiger charge is -2.27. The number of carbonyl (C=O) groups is 9. The zero-order valence-corrected chi connectivity index (χ0v) is 42.6. The summed E-state index contributed by atoms with van der Waals surface area (Å²) in [4.78, 5) is 118. The van der Waals surface area contributed by atoms with Crippen LogP contribution in [-0.4, -0.2) is 134 Å². The first kappa shape index (κ1) is 59.5. The molecule has 2 aromatic carbocycles. The smallest absolute Gasteiger partial charge is 0.328 e. The second-order valence-electron chi connectivity index (χ2n) is 17.5.